The average Bonchev–Trinajstić information content (AvgIpc) is 3.10. The van der Waals surface area contributed by atoms with Gasteiger partial charge in [-0.3, -0.25) is 4.79 Å². The first-order valence-corrected chi connectivity index (χ1v) is 12.3. The van der Waals surface area contributed by atoms with E-state index in [0.29, 0.717) is 40.5 Å². The highest BCUT2D eigenvalue weighted by molar-refractivity contribution is 5.83. The van der Waals surface area contributed by atoms with Gasteiger partial charge in [0, 0.05) is 11.7 Å². The van der Waals surface area contributed by atoms with Crippen molar-refractivity contribution < 1.29 is 27.8 Å². The number of hydrogen-bond acceptors (Lipinski definition) is 4. The number of carbonyl (C=O) groups is 1. The molecule has 4 rings (SSSR count). The van der Waals surface area contributed by atoms with E-state index in [9.17, 15) is 23.1 Å². The van der Waals surface area contributed by atoms with E-state index in [-0.39, 0.29) is 18.2 Å². The van der Waals surface area contributed by atoms with E-state index in [0.717, 1.165) is 30.3 Å². The highest BCUT2D eigenvalue weighted by atomic mass is 19.4. The largest absolute Gasteiger partial charge is 0.573 e. The van der Waals surface area contributed by atoms with E-state index in [4.69, 9.17) is 4.98 Å². The van der Waals surface area contributed by atoms with Crippen molar-refractivity contribution in [2.24, 2.45) is 17.8 Å². The van der Waals surface area contributed by atoms with Crippen molar-refractivity contribution in [1.29, 1.82) is 0 Å². The van der Waals surface area contributed by atoms with Crippen LogP contribution in [0.4, 0.5) is 24.8 Å². The Balaban J connectivity index is 1.79. The number of fused-ring (bicyclic) bond motifs is 1. The summed E-state index contributed by atoms with van der Waals surface area (Å²) in [6.45, 7) is 8.63. The summed E-state index contributed by atoms with van der Waals surface area (Å²) in [5.41, 5.74) is 3.78. The van der Waals surface area contributed by atoms with Gasteiger partial charge in [-0.05, 0) is 85.0 Å². The van der Waals surface area contributed by atoms with Crippen molar-refractivity contribution in [3.05, 3.63) is 47.5 Å². The Bertz CT molecular complexity index is 1240. The van der Waals surface area contributed by atoms with Crippen LogP contribution in [0.1, 0.15) is 57.2 Å². The summed E-state index contributed by atoms with van der Waals surface area (Å²) < 4.78 is 43.9. The van der Waals surface area contributed by atoms with Crippen molar-refractivity contribution in [3.63, 3.8) is 0 Å². The highest BCUT2D eigenvalue weighted by Crippen LogP contribution is 2.44. The van der Waals surface area contributed by atoms with Crippen LogP contribution in [0.25, 0.3) is 11.0 Å². The first-order chi connectivity index (χ1) is 16.9. The molecule has 0 saturated heterocycles. The summed E-state index contributed by atoms with van der Waals surface area (Å²) in [6.07, 6.45) is -1.60. The Labute approximate surface area is 208 Å². The van der Waals surface area contributed by atoms with Crippen LogP contribution in [0.15, 0.2) is 36.4 Å². The second-order valence-corrected chi connectivity index (χ2v) is 10.2. The summed E-state index contributed by atoms with van der Waals surface area (Å²) in [7, 11) is 0. The molecule has 36 heavy (non-hydrogen) atoms. The van der Waals surface area contributed by atoms with Crippen LogP contribution in [-0.4, -0.2) is 27.0 Å². The third-order valence-corrected chi connectivity index (χ3v) is 7.15. The summed E-state index contributed by atoms with van der Waals surface area (Å²) in [6, 6.07) is 9.58. The van der Waals surface area contributed by atoms with E-state index in [1.165, 1.54) is 24.3 Å². The zero-order valence-electron chi connectivity index (χ0n) is 20.9. The van der Waals surface area contributed by atoms with Crippen LogP contribution in [0.3, 0.4) is 0 Å². The van der Waals surface area contributed by atoms with E-state index >= 15 is 0 Å². The van der Waals surface area contributed by atoms with Crippen LogP contribution in [0.2, 0.25) is 0 Å². The molecule has 3 atom stereocenters. The number of benzene rings is 2. The van der Waals surface area contributed by atoms with Gasteiger partial charge in [0.1, 0.15) is 5.75 Å². The van der Waals surface area contributed by atoms with Gasteiger partial charge in [0.05, 0.1) is 17.5 Å². The molecule has 2 N–H and O–H groups in total. The molecule has 0 amide bonds. The lowest BCUT2D eigenvalue weighted by Crippen LogP contribution is -2.30. The van der Waals surface area contributed by atoms with Gasteiger partial charge in [0.2, 0.25) is 5.95 Å². The highest BCUT2D eigenvalue weighted by Gasteiger charge is 2.35. The maximum Gasteiger partial charge on any atom is 0.573 e. The summed E-state index contributed by atoms with van der Waals surface area (Å²) in [5, 5.41) is 12.6. The van der Waals surface area contributed by atoms with E-state index in [1.54, 1.807) is 0 Å². The molecule has 1 aliphatic carbocycles. The monoisotopic (exact) mass is 503 g/mol. The van der Waals surface area contributed by atoms with Crippen LogP contribution < -0.4 is 10.1 Å². The number of carboxylic acids is 1. The zero-order chi connectivity index (χ0) is 26.2. The van der Waals surface area contributed by atoms with Gasteiger partial charge < -0.3 is 19.7 Å². The van der Waals surface area contributed by atoms with E-state index < -0.39 is 12.3 Å². The van der Waals surface area contributed by atoms with Crippen LogP contribution in [0, 0.1) is 24.7 Å². The number of nitrogens with zero attached hydrogens (tertiary/aromatic N) is 2. The predicted molar refractivity (Wildman–Crippen MR) is 133 cm³/mol. The summed E-state index contributed by atoms with van der Waals surface area (Å²) in [4.78, 5) is 16.2. The Kier molecular flexibility index (Phi) is 7.20. The third-order valence-electron chi connectivity index (χ3n) is 7.15. The van der Waals surface area contributed by atoms with Gasteiger partial charge in [0.25, 0.3) is 0 Å². The second-order valence-electron chi connectivity index (χ2n) is 10.2. The van der Waals surface area contributed by atoms with Crippen LogP contribution >= 0.6 is 0 Å². The minimum absolute atomic E-state index is 0.0901. The first kappa shape index (κ1) is 25.9. The molecule has 0 spiro atoms. The molecular weight excluding hydrogens is 471 g/mol. The Morgan fingerprint density at radius 2 is 1.92 bits per heavy atom. The number of halogens is 3. The van der Waals surface area contributed by atoms with Crippen molar-refractivity contribution in [1.82, 2.24) is 9.55 Å². The SMILES string of the molecule is Cc1cc2c(cc1CC(=O)O)nc(Nc1ccc(OC(F)(F)F)cc1)n2[C@@H]1C[C@H](C)CC[C@@H]1C(C)C. The normalized spacial score (nSPS) is 20.6. The number of nitrogens with one attached hydrogen (secondary N) is 1. The fourth-order valence-corrected chi connectivity index (χ4v) is 5.38. The molecule has 0 bridgehead atoms. The van der Waals surface area contributed by atoms with Crippen LogP contribution in [-0.2, 0) is 11.2 Å². The minimum Gasteiger partial charge on any atom is -0.481 e. The van der Waals surface area contributed by atoms with Gasteiger partial charge in [-0.25, -0.2) is 4.98 Å². The Hall–Kier alpha value is -3.23. The van der Waals surface area contributed by atoms with Crippen LogP contribution in [0.5, 0.6) is 5.75 Å². The molecule has 3 aromatic rings. The number of hydrogen-bond donors (Lipinski definition) is 2. The van der Waals surface area contributed by atoms with Gasteiger partial charge in [0.15, 0.2) is 0 Å². The third kappa shape index (κ3) is 5.77. The number of aromatic nitrogens is 2. The van der Waals surface area contributed by atoms with E-state index in [1.807, 2.05) is 19.1 Å². The smallest absolute Gasteiger partial charge is 0.481 e. The molecule has 0 unspecified atom stereocenters. The Morgan fingerprint density at radius 3 is 2.53 bits per heavy atom. The van der Waals surface area contributed by atoms with Crippen molar-refractivity contribution in [3.8, 4) is 5.75 Å². The number of carboxylic acid groups (broad SMARTS) is 1. The fraction of sp³-hybridized carbons (Fsp3) is 0.481. The van der Waals surface area contributed by atoms with E-state index in [2.05, 4.69) is 35.4 Å². The number of imidazole rings is 1. The standard InChI is InChI=1S/C27H32F3N3O3/c1-15(2)21-10-5-16(3)11-23(21)33-24-12-17(4)18(14-25(34)35)13-22(24)32-26(33)31-19-6-8-20(9-7-19)36-27(28,29)30/h6-9,12-13,15-16,21,23H,5,10-11,14H2,1-4H3,(H,31,32)(H,34,35)/t16-,21-,23-/m1/s1. The predicted octanol–water partition coefficient (Wildman–Crippen LogP) is 7.25. The molecule has 1 aliphatic rings. The zero-order valence-corrected chi connectivity index (χ0v) is 20.9. The Morgan fingerprint density at radius 1 is 1.22 bits per heavy atom. The van der Waals surface area contributed by atoms with Gasteiger partial charge >= 0.3 is 12.3 Å². The molecule has 194 valence electrons. The fourth-order valence-electron chi connectivity index (χ4n) is 5.38. The molecule has 1 saturated carbocycles. The van der Waals surface area contributed by atoms with Gasteiger partial charge in [-0.2, -0.15) is 0 Å². The summed E-state index contributed by atoms with van der Waals surface area (Å²) >= 11 is 0. The molecule has 1 aromatic heterocycles. The number of rotatable bonds is 7. The summed E-state index contributed by atoms with van der Waals surface area (Å²) in [5.74, 6) is 0.820. The van der Waals surface area contributed by atoms with Gasteiger partial charge in [-0.15, -0.1) is 13.2 Å². The molecule has 0 aliphatic heterocycles. The number of ether oxygens (including phenoxy) is 1. The lowest BCUT2D eigenvalue weighted by Gasteiger charge is -2.39. The quantitative estimate of drug-likeness (QED) is 0.355. The number of aryl methyl sites for hydroxylation is 1. The molecule has 6 nitrogen and oxygen atoms in total. The minimum atomic E-state index is -4.75. The lowest BCUT2D eigenvalue weighted by molar-refractivity contribution is -0.274. The van der Waals surface area contributed by atoms with Crippen molar-refractivity contribution in [2.75, 3.05) is 5.32 Å². The number of aliphatic carboxylic acids is 1. The average molecular weight is 504 g/mol. The molecule has 9 heteroatoms. The molecule has 1 fully saturated rings. The molecule has 1 heterocycles. The van der Waals surface area contributed by atoms with Crippen molar-refractivity contribution >= 4 is 28.6 Å². The topological polar surface area (TPSA) is 76.4 Å². The maximum atomic E-state index is 12.6. The molecule has 2 aromatic carbocycles. The lowest BCUT2D eigenvalue weighted by atomic mass is 9.74. The number of anilines is 2. The maximum absolute atomic E-state index is 12.6. The van der Waals surface area contributed by atoms with Crippen molar-refractivity contribution in [2.45, 2.75) is 65.8 Å². The molecular formula is C27H32F3N3O3. The number of alkyl halides is 3. The first-order valence-electron chi connectivity index (χ1n) is 12.3. The van der Waals surface area contributed by atoms with Gasteiger partial charge in [-0.1, -0.05) is 27.2 Å². The second kappa shape index (κ2) is 10.0. The molecule has 0 radical (unpaired) electrons.